The van der Waals surface area contributed by atoms with Crippen molar-refractivity contribution in [2.45, 2.75) is 43.6 Å². The minimum Gasteiger partial charge on any atom is -0.497 e. The fraction of sp³-hybridized carbons (Fsp3) is 0.632. The van der Waals surface area contributed by atoms with E-state index in [-0.39, 0.29) is 5.41 Å². The van der Waals surface area contributed by atoms with Crippen molar-refractivity contribution in [1.82, 2.24) is 0 Å². The predicted octanol–water partition coefficient (Wildman–Crippen LogP) is 2.71. The first-order valence-corrected chi connectivity index (χ1v) is 8.52. The number of hydrogen-bond acceptors (Lipinski definition) is 2. The Morgan fingerprint density at radius 1 is 1.27 bits per heavy atom. The van der Waals surface area contributed by atoms with E-state index in [9.17, 15) is 4.79 Å². The topological polar surface area (TPSA) is 26.3 Å². The van der Waals surface area contributed by atoms with Crippen molar-refractivity contribution in [3.63, 3.8) is 0 Å². The minimum absolute atomic E-state index is 0.223. The van der Waals surface area contributed by atoms with Crippen LogP contribution >= 0.6 is 0 Å². The molecule has 1 aromatic rings. The number of rotatable bonds is 1. The van der Waals surface area contributed by atoms with Crippen molar-refractivity contribution in [2.75, 3.05) is 27.7 Å². The molecular weight excluding hydrogens is 274 g/mol. The second-order valence-electron chi connectivity index (χ2n) is 7.98. The van der Waals surface area contributed by atoms with Crippen molar-refractivity contribution in [1.29, 1.82) is 0 Å². The number of carbonyl (C=O) groups is 1. The van der Waals surface area contributed by atoms with E-state index in [1.165, 1.54) is 30.4 Å². The first kappa shape index (κ1) is 14.3. The Kier molecular flexibility index (Phi) is 2.96. The molecule has 1 heterocycles. The third kappa shape index (κ3) is 1.69. The van der Waals surface area contributed by atoms with Gasteiger partial charge in [-0.15, -0.1) is 0 Å². The Hall–Kier alpha value is -1.35. The van der Waals surface area contributed by atoms with Gasteiger partial charge in [-0.05, 0) is 36.1 Å². The lowest BCUT2D eigenvalue weighted by atomic mass is 9.51. The molecule has 3 aliphatic rings. The van der Waals surface area contributed by atoms with Gasteiger partial charge in [0.2, 0.25) is 0 Å². The Labute approximate surface area is 132 Å². The molecule has 0 spiro atoms. The summed E-state index contributed by atoms with van der Waals surface area (Å²) in [5.74, 6) is 1.87. The van der Waals surface area contributed by atoms with Crippen LogP contribution in [0.2, 0.25) is 0 Å². The third-order valence-corrected chi connectivity index (χ3v) is 6.61. The van der Waals surface area contributed by atoms with Gasteiger partial charge in [0.1, 0.15) is 12.3 Å². The Balaban J connectivity index is 1.96. The largest absolute Gasteiger partial charge is 0.497 e. The summed E-state index contributed by atoms with van der Waals surface area (Å²) in [5, 5.41) is 0. The number of methoxy groups -OCH3 is 1. The van der Waals surface area contributed by atoms with E-state index in [4.69, 9.17) is 4.74 Å². The molecule has 1 saturated carbocycles. The van der Waals surface area contributed by atoms with E-state index >= 15 is 0 Å². The predicted molar refractivity (Wildman–Crippen MR) is 86.1 cm³/mol. The van der Waals surface area contributed by atoms with E-state index in [0.717, 1.165) is 23.1 Å². The van der Waals surface area contributed by atoms with Crippen LogP contribution in [-0.2, 0) is 16.6 Å². The van der Waals surface area contributed by atoms with E-state index in [2.05, 4.69) is 32.3 Å². The fourth-order valence-corrected chi connectivity index (χ4v) is 5.56. The van der Waals surface area contributed by atoms with Crippen molar-refractivity contribution >= 4 is 5.78 Å². The number of carbonyl (C=O) groups excluding carboxylic acids is 1. The Morgan fingerprint density at radius 3 is 2.86 bits per heavy atom. The van der Waals surface area contributed by atoms with Crippen LogP contribution in [0.4, 0.5) is 0 Å². The molecular formula is C19H26NO2+. The van der Waals surface area contributed by atoms with Crippen LogP contribution in [0.1, 0.15) is 36.8 Å². The highest BCUT2D eigenvalue weighted by molar-refractivity contribution is 5.93. The van der Waals surface area contributed by atoms with Crippen LogP contribution < -0.4 is 4.74 Å². The SMILES string of the molecule is COc1ccc2c(c1)[C@@]13CCCC[C@H]1[C@@H](C2)[N+](C)(C)CC3=O. The lowest BCUT2D eigenvalue weighted by Crippen LogP contribution is -2.71. The van der Waals surface area contributed by atoms with E-state index in [1.54, 1.807) is 7.11 Å². The summed E-state index contributed by atoms with van der Waals surface area (Å²) < 4.78 is 6.31. The fourth-order valence-electron chi connectivity index (χ4n) is 5.56. The molecule has 118 valence electrons. The van der Waals surface area contributed by atoms with Gasteiger partial charge in [0, 0.05) is 12.3 Å². The maximum absolute atomic E-state index is 13.3. The number of fused-ring (bicyclic) bond motifs is 1. The van der Waals surface area contributed by atoms with Crippen molar-refractivity contribution in [2.24, 2.45) is 5.92 Å². The van der Waals surface area contributed by atoms with Crippen molar-refractivity contribution in [3.8, 4) is 5.75 Å². The second-order valence-corrected chi connectivity index (χ2v) is 7.98. The Bertz CT molecular complexity index is 636. The molecule has 2 bridgehead atoms. The number of benzene rings is 1. The van der Waals surface area contributed by atoms with Gasteiger partial charge in [-0.2, -0.15) is 0 Å². The van der Waals surface area contributed by atoms with Crippen LogP contribution in [0.5, 0.6) is 5.75 Å². The number of nitrogens with zero attached hydrogens (tertiary/aromatic N) is 1. The minimum atomic E-state index is -0.223. The zero-order chi connectivity index (χ0) is 15.5. The van der Waals surface area contributed by atoms with E-state index < -0.39 is 0 Å². The van der Waals surface area contributed by atoms with Crippen LogP contribution in [0.3, 0.4) is 0 Å². The number of piperidine rings is 1. The number of likely N-dealkylation sites (tertiary alicyclic amines) is 1. The van der Waals surface area contributed by atoms with Crippen molar-refractivity contribution in [3.05, 3.63) is 29.3 Å². The summed E-state index contributed by atoms with van der Waals surface area (Å²) in [6, 6.07) is 7.00. The molecule has 3 atom stereocenters. The average Bonchev–Trinajstić information content (AvgIpc) is 2.51. The molecule has 1 saturated heterocycles. The average molecular weight is 300 g/mol. The zero-order valence-electron chi connectivity index (χ0n) is 13.9. The molecule has 0 unspecified atom stereocenters. The van der Waals surface area contributed by atoms with Gasteiger partial charge >= 0.3 is 0 Å². The molecule has 2 fully saturated rings. The highest BCUT2D eigenvalue weighted by Gasteiger charge is 2.62. The number of Topliss-reactive ketones (excluding diaryl/α,β-unsaturated/α-hetero) is 1. The van der Waals surface area contributed by atoms with Crippen LogP contribution in [0.15, 0.2) is 18.2 Å². The van der Waals surface area contributed by atoms with Gasteiger partial charge in [-0.3, -0.25) is 4.79 Å². The van der Waals surface area contributed by atoms with E-state index in [0.29, 0.717) is 24.3 Å². The third-order valence-electron chi connectivity index (χ3n) is 6.61. The first-order valence-electron chi connectivity index (χ1n) is 8.52. The Morgan fingerprint density at radius 2 is 2.09 bits per heavy atom. The van der Waals surface area contributed by atoms with Gasteiger partial charge < -0.3 is 9.22 Å². The van der Waals surface area contributed by atoms with Crippen molar-refractivity contribution < 1.29 is 14.0 Å². The summed E-state index contributed by atoms with van der Waals surface area (Å²) >= 11 is 0. The standard InChI is InChI=1S/C19H26NO2/c1-20(2)12-18(21)19-9-5-4-6-15(19)17(20)10-13-7-8-14(22-3)11-16(13)19/h7-8,11,15,17H,4-6,9-10,12H2,1-3H3/q+1/t15-,17+,19+/m0/s1. The zero-order valence-corrected chi connectivity index (χ0v) is 13.9. The van der Waals surface area contributed by atoms with Crippen LogP contribution in [0, 0.1) is 5.92 Å². The molecule has 1 aliphatic heterocycles. The maximum Gasteiger partial charge on any atom is 0.197 e. The van der Waals surface area contributed by atoms with E-state index in [1.807, 2.05) is 0 Å². The molecule has 0 radical (unpaired) electrons. The summed E-state index contributed by atoms with van der Waals surface area (Å²) in [6.07, 6.45) is 5.79. The quantitative estimate of drug-likeness (QED) is 0.746. The monoisotopic (exact) mass is 300 g/mol. The number of ether oxygens (including phenoxy) is 1. The molecule has 22 heavy (non-hydrogen) atoms. The first-order chi connectivity index (χ1) is 10.5. The summed E-state index contributed by atoms with van der Waals surface area (Å²) in [7, 11) is 6.21. The van der Waals surface area contributed by atoms with Gasteiger partial charge in [-0.1, -0.05) is 18.9 Å². The second kappa shape index (κ2) is 4.58. The van der Waals surface area contributed by atoms with Gasteiger partial charge in [0.15, 0.2) is 5.78 Å². The van der Waals surface area contributed by atoms with Gasteiger partial charge in [0.25, 0.3) is 0 Å². The van der Waals surface area contributed by atoms with Gasteiger partial charge in [0.05, 0.1) is 32.7 Å². The molecule has 1 aromatic carbocycles. The van der Waals surface area contributed by atoms with Gasteiger partial charge in [-0.25, -0.2) is 0 Å². The number of ketones is 1. The summed E-state index contributed by atoms with van der Waals surface area (Å²) in [5.41, 5.74) is 2.44. The number of hydrogen-bond donors (Lipinski definition) is 0. The molecule has 0 aromatic heterocycles. The lowest BCUT2D eigenvalue weighted by Gasteiger charge is -2.59. The highest BCUT2D eigenvalue weighted by atomic mass is 16.5. The summed E-state index contributed by atoms with van der Waals surface area (Å²) in [4.78, 5) is 13.3. The molecule has 4 rings (SSSR count). The molecule has 3 nitrogen and oxygen atoms in total. The summed E-state index contributed by atoms with van der Waals surface area (Å²) in [6.45, 7) is 0.678. The number of likely N-dealkylation sites (N-methyl/N-ethyl adjacent to an activating group) is 1. The van der Waals surface area contributed by atoms with Crippen LogP contribution in [0.25, 0.3) is 0 Å². The normalized spacial score (nSPS) is 35.5. The van der Waals surface area contributed by atoms with Crippen LogP contribution in [-0.4, -0.2) is 44.1 Å². The molecule has 2 aliphatic carbocycles. The molecule has 3 heteroatoms. The molecule has 0 N–H and O–H groups in total. The number of quaternary nitrogens is 1. The smallest absolute Gasteiger partial charge is 0.197 e. The molecule has 0 amide bonds. The lowest BCUT2D eigenvalue weighted by molar-refractivity contribution is -0.916. The highest BCUT2D eigenvalue weighted by Crippen LogP contribution is 2.55. The maximum atomic E-state index is 13.3.